The summed E-state index contributed by atoms with van der Waals surface area (Å²) in [5.74, 6) is 1.90. The van der Waals surface area contributed by atoms with Crippen molar-refractivity contribution in [2.45, 2.75) is 25.7 Å². The van der Waals surface area contributed by atoms with E-state index in [0.29, 0.717) is 12.3 Å². The molecule has 4 heteroatoms. The van der Waals surface area contributed by atoms with Crippen LogP contribution in [0.15, 0.2) is 28.7 Å². The molecule has 0 aromatic heterocycles. The molecule has 0 saturated carbocycles. The zero-order chi connectivity index (χ0) is 14.7. The van der Waals surface area contributed by atoms with E-state index in [1.165, 1.54) is 18.4 Å². The molecule has 2 heterocycles. The highest BCUT2D eigenvalue weighted by Gasteiger charge is 2.31. The lowest BCUT2D eigenvalue weighted by atomic mass is 9.92. The number of carbonyl (C=O) groups is 1. The highest BCUT2D eigenvalue weighted by molar-refractivity contribution is 9.10. The Labute approximate surface area is 135 Å². The van der Waals surface area contributed by atoms with Gasteiger partial charge < -0.3 is 10.2 Å². The maximum atomic E-state index is 12.4. The molecule has 1 amide bonds. The minimum absolute atomic E-state index is 0.325. The Morgan fingerprint density at radius 2 is 1.76 bits per heavy atom. The summed E-state index contributed by atoms with van der Waals surface area (Å²) in [7, 11) is 0. The van der Waals surface area contributed by atoms with Gasteiger partial charge in [-0.25, -0.2) is 0 Å². The summed E-state index contributed by atoms with van der Waals surface area (Å²) in [5.41, 5.74) is 1.24. The van der Waals surface area contributed by atoms with E-state index in [1.54, 1.807) is 0 Å². The maximum Gasteiger partial charge on any atom is 0.222 e. The van der Waals surface area contributed by atoms with Crippen LogP contribution < -0.4 is 5.32 Å². The van der Waals surface area contributed by atoms with Gasteiger partial charge in [0.15, 0.2) is 0 Å². The van der Waals surface area contributed by atoms with Gasteiger partial charge in [0, 0.05) is 24.0 Å². The van der Waals surface area contributed by atoms with Crippen LogP contribution in [0.4, 0.5) is 0 Å². The number of hydrogen-bond acceptors (Lipinski definition) is 2. The molecule has 1 aromatic carbocycles. The van der Waals surface area contributed by atoms with E-state index in [4.69, 9.17) is 0 Å². The SMILES string of the molecule is O=C(CCc1ccc(Br)cc1)N1CC[C@@H]2CNC[C@@H]2CC1. The van der Waals surface area contributed by atoms with Crippen LogP contribution in [-0.2, 0) is 11.2 Å². The Bertz CT molecular complexity index is 474. The molecule has 0 bridgehead atoms. The quantitative estimate of drug-likeness (QED) is 0.908. The predicted molar refractivity (Wildman–Crippen MR) is 88.1 cm³/mol. The lowest BCUT2D eigenvalue weighted by Crippen LogP contribution is -2.32. The smallest absolute Gasteiger partial charge is 0.222 e. The summed E-state index contributed by atoms with van der Waals surface area (Å²) in [5, 5.41) is 3.48. The second-order valence-corrected chi connectivity index (χ2v) is 7.18. The molecule has 21 heavy (non-hydrogen) atoms. The van der Waals surface area contributed by atoms with E-state index >= 15 is 0 Å². The Morgan fingerprint density at radius 3 is 2.38 bits per heavy atom. The first-order valence-corrected chi connectivity index (χ1v) is 8.74. The molecule has 3 nitrogen and oxygen atoms in total. The van der Waals surface area contributed by atoms with Gasteiger partial charge in [-0.3, -0.25) is 4.79 Å². The minimum atomic E-state index is 0.325. The van der Waals surface area contributed by atoms with Crippen molar-refractivity contribution >= 4 is 21.8 Å². The van der Waals surface area contributed by atoms with E-state index in [9.17, 15) is 4.79 Å². The molecule has 114 valence electrons. The summed E-state index contributed by atoms with van der Waals surface area (Å²) < 4.78 is 1.09. The van der Waals surface area contributed by atoms with E-state index in [-0.39, 0.29) is 0 Å². The van der Waals surface area contributed by atoms with Gasteiger partial charge in [0.1, 0.15) is 0 Å². The van der Waals surface area contributed by atoms with Crippen molar-refractivity contribution in [3.8, 4) is 0 Å². The highest BCUT2D eigenvalue weighted by atomic mass is 79.9. The van der Waals surface area contributed by atoms with Crippen molar-refractivity contribution < 1.29 is 4.79 Å². The number of benzene rings is 1. The molecular formula is C17H23BrN2O. The first-order valence-electron chi connectivity index (χ1n) is 7.95. The van der Waals surface area contributed by atoms with Crippen LogP contribution in [0.5, 0.6) is 0 Å². The second-order valence-electron chi connectivity index (χ2n) is 6.26. The largest absolute Gasteiger partial charge is 0.343 e. The monoisotopic (exact) mass is 350 g/mol. The van der Waals surface area contributed by atoms with Crippen LogP contribution in [0, 0.1) is 11.8 Å². The predicted octanol–water partition coefficient (Wildman–Crippen LogP) is 2.84. The van der Waals surface area contributed by atoms with Gasteiger partial charge in [-0.05, 0) is 61.9 Å². The molecule has 0 unspecified atom stereocenters. The topological polar surface area (TPSA) is 32.3 Å². The lowest BCUT2D eigenvalue weighted by molar-refractivity contribution is -0.131. The molecular weight excluding hydrogens is 328 g/mol. The number of halogens is 1. The van der Waals surface area contributed by atoms with Gasteiger partial charge in [0.25, 0.3) is 0 Å². The first kappa shape index (κ1) is 15.0. The molecule has 0 spiro atoms. The molecule has 2 atom stereocenters. The standard InChI is InChI=1S/C17H23BrN2O/c18-16-4-1-13(2-5-16)3-6-17(21)20-9-7-14-11-19-12-15(14)8-10-20/h1-2,4-5,14-15,19H,3,6-12H2/t14-,15+. The second kappa shape index (κ2) is 6.93. The van der Waals surface area contributed by atoms with E-state index in [2.05, 4.69) is 38.3 Å². The average molecular weight is 351 g/mol. The van der Waals surface area contributed by atoms with Crippen LogP contribution >= 0.6 is 15.9 Å². The van der Waals surface area contributed by atoms with Gasteiger partial charge in [-0.15, -0.1) is 0 Å². The third-order valence-electron chi connectivity index (χ3n) is 4.91. The minimum Gasteiger partial charge on any atom is -0.343 e. The Balaban J connectivity index is 1.50. The number of nitrogens with zero attached hydrogens (tertiary/aromatic N) is 1. The summed E-state index contributed by atoms with van der Waals surface area (Å²) in [6, 6.07) is 8.27. The number of likely N-dealkylation sites (tertiary alicyclic amines) is 1. The van der Waals surface area contributed by atoms with E-state index < -0.39 is 0 Å². The Kier molecular flexibility index (Phi) is 4.96. The fourth-order valence-corrected chi connectivity index (χ4v) is 3.79. The van der Waals surface area contributed by atoms with Crippen LogP contribution in [0.1, 0.15) is 24.8 Å². The number of amides is 1. The molecule has 3 rings (SSSR count). The highest BCUT2D eigenvalue weighted by Crippen LogP contribution is 2.27. The first-order chi connectivity index (χ1) is 10.2. The number of fused-ring (bicyclic) bond motifs is 1. The van der Waals surface area contributed by atoms with Crippen LogP contribution in [0.3, 0.4) is 0 Å². The number of carbonyl (C=O) groups excluding carboxylic acids is 1. The van der Waals surface area contributed by atoms with E-state index in [0.717, 1.165) is 48.9 Å². The molecule has 2 saturated heterocycles. The number of hydrogen-bond donors (Lipinski definition) is 1. The third-order valence-corrected chi connectivity index (χ3v) is 5.44. The van der Waals surface area contributed by atoms with Gasteiger partial charge in [-0.1, -0.05) is 28.1 Å². The van der Waals surface area contributed by atoms with Gasteiger partial charge in [0.05, 0.1) is 0 Å². The molecule has 0 radical (unpaired) electrons. The van der Waals surface area contributed by atoms with Gasteiger partial charge in [0.2, 0.25) is 5.91 Å². The van der Waals surface area contributed by atoms with Crippen LogP contribution in [0.25, 0.3) is 0 Å². The van der Waals surface area contributed by atoms with Crippen LogP contribution in [0.2, 0.25) is 0 Å². The fourth-order valence-electron chi connectivity index (χ4n) is 3.53. The van der Waals surface area contributed by atoms with Crippen molar-refractivity contribution in [3.63, 3.8) is 0 Å². The molecule has 2 aliphatic heterocycles. The maximum absolute atomic E-state index is 12.4. The van der Waals surface area contributed by atoms with Crippen molar-refractivity contribution in [3.05, 3.63) is 34.3 Å². The van der Waals surface area contributed by atoms with Crippen molar-refractivity contribution in [1.29, 1.82) is 0 Å². The summed E-state index contributed by atoms with van der Waals surface area (Å²) in [6.45, 7) is 4.18. The molecule has 0 aliphatic carbocycles. The van der Waals surface area contributed by atoms with Crippen molar-refractivity contribution in [2.75, 3.05) is 26.2 Å². The third kappa shape index (κ3) is 3.86. The van der Waals surface area contributed by atoms with Crippen molar-refractivity contribution in [1.82, 2.24) is 10.2 Å². The Hall–Kier alpha value is -0.870. The zero-order valence-electron chi connectivity index (χ0n) is 12.4. The molecule has 2 aliphatic rings. The van der Waals surface area contributed by atoms with Gasteiger partial charge in [-0.2, -0.15) is 0 Å². The normalized spacial score (nSPS) is 25.5. The average Bonchev–Trinajstić information content (AvgIpc) is 2.85. The fraction of sp³-hybridized carbons (Fsp3) is 0.588. The van der Waals surface area contributed by atoms with Crippen LogP contribution in [-0.4, -0.2) is 37.0 Å². The zero-order valence-corrected chi connectivity index (χ0v) is 13.9. The molecule has 1 aromatic rings. The number of aryl methyl sites for hydroxylation is 1. The van der Waals surface area contributed by atoms with Gasteiger partial charge >= 0.3 is 0 Å². The summed E-state index contributed by atoms with van der Waals surface area (Å²) >= 11 is 3.44. The van der Waals surface area contributed by atoms with E-state index in [1.807, 2.05) is 12.1 Å². The molecule has 2 fully saturated rings. The van der Waals surface area contributed by atoms with Crippen molar-refractivity contribution in [2.24, 2.45) is 11.8 Å². The number of nitrogens with one attached hydrogen (secondary N) is 1. The lowest BCUT2D eigenvalue weighted by Gasteiger charge is -2.21. The molecule has 1 N–H and O–H groups in total. The summed E-state index contributed by atoms with van der Waals surface area (Å²) in [6.07, 6.45) is 3.82. The number of rotatable bonds is 3. The Morgan fingerprint density at radius 1 is 1.14 bits per heavy atom. The summed E-state index contributed by atoms with van der Waals surface area (Å²) in [4.78, 5) is 14.5.